The van der Waals surface area contributed by atoms with E-state index in [1.54, 1.807) is 31.3 Å². The fourth-order valence-electron chi connectivity index (χ4n) is 1.95. The van der Waals surface area contributed by atoms with E-state index in [0.29, 0.717) is 16.9 Å². The number of ether oxygens (including phenoxy) is 1. The molecule has 1 amide bonds. The summed E-state index contributed by atoms with van der Waals surface area (Å²) in [5, 5.41) is 15.9. The standard InChI is InChI=1S/C16H15N3O5/c1-17-14-5-3-2-4-13(14)16(21)24-10-15(20)18-11-6-8-12(9-7-11)19(22)23/h2-9,17H,10H2,1H3,(H,18,20). The zero-order valence-electron chi connectivity index (χ0n) is 12.8. The number of hydrogen-bond donors (Lipinski definition) is 2. The van der Waals surface area contributed by atoms with Crippen LogP contribution in [0.3, 0.4) is 0 Å². The summed E-state index contributed by atoms with van der Waals surface area (Å²) in [5.41, 5.74) is 1.21. The Bertz CT molecular complexity index is 759. The highest BCUT2D eigenvalue weighted by atomic mass is 16.6. The van der Waals surface area contributed by atoms with E-state index in [4.69, 9.17) is 4.74 Å². The Morgan fingerprint density at radius 3 is 2.42 bits per heavy atom. The molecule has 0 aliphatic heterocycles. The summed E-state index contributed by atoms with van der Waals surface area (Å²) in [6, 6.07) is 12.1. The number of non-ortho nitro benzene ring substituents is 1. The maximum atomic E-state index is 12.0. The number of nitrogens with one attached hydrogen (secondary N) is 2. The van der Waals surface area contributed by atoms with Gasteiger partial charge >= 0.3 is 5.97 Å². The number of nitro benzene ring substituents is 1. The average Bonchev–Trinajstić information content (AvgIpc) is 2.60. The van der Waals surface area contributed by atoms with Gasteiger partial charge < -0.3 is 15.4 Å². The fraction of sp³-hybridized carbons (Fsp3) is 0.125. The number of hydrogen-bond acceptors (Lipinski definition) is 6. The summed E-state index contributed by atoms with van der Waals surface area (Å²) in [6.45, 7) is -0.464. The molecule has 2 aromatic rings. The van der Waals surface area contributed by atoms with Crippen LogP contribution in [0.25, 0.3) is 0 Å². The zero-order valence-corrected chi connectivity index (χ0v) is 12.8. The minimum absolute atomic E-state index is 0.0805. The SMILES string of the molecule is CNc1ccccc1C(=O)OCC(=O)Nc1ccc([N+](=O)[O-])cc1. The maximum absolute atomic E-state index is 12.0. The van der Waals surface area contributed by atoms with Gasteiger partial charge in [-0.25, -0.2) is 4.79 Å². The summed E-state index contributed by atoms with van der Waals surface area (Å²) in [4.78, 5) is 33.8. The molecule has 0 spiro atoms. The van der Waals surface area contributed by atoms with Crippen molar-refractivity contribution in [1.82, 2.24) is 0 Å². The minimum Gasteiger partial charge on any atom is -0.452 e. The van der Waals surface area contributed by atoms with Gasteiger partial charge in [0.15, 0.2) is 6.61 Å². The van der Waals surface area contributed by atoms with Gasteiger partial charge in [-0.3, -0.25) is 14.9 Å². The van der Waals surface area contributed by atoms with Crippen molar-refractivity contribution in [2.75, 3.05) is 24.3 Å². The van der Waals surface area contributed by atoms with Gasteiger partial charge in [-0.1, -0.05) is 12.1 Å². The Hall–Kier alpha value is -3.42. The van der Waals surface area contributed by atoms with Crippen LogP contribution in [-0.4, -0.2) is 30.5 Å². The summed E-state index contributed by atoms with van der Waals surface area (Å²) in [6.07, 6.45) is 0. The Kier molecular flexibility index (Phi) is 5.45. The summed E-state index contributed by atoms with van der Waals surface area (Å²) < 4.78 is 4.97. The van der Waals surface area contributed by atoms with Crippen molar-refractivity contribution in [2.45, 2.75) is 0 Å². The maximum Gasteiger partial charge on any atom is 0.340 e. The number of anilines is 2. The Morgan fingerprint density at radius 1 is 1.12 bits per heavy atom. The smallest absolute Gasteiger partial charge is 0.340 e. The van der Waals surface area contributed by atoms with E-state index in [9.17, 15) is 19.7 Å². The van der Waals surface area contributed by atoms with Crippen LogP contribution in [0.1, 0.15) is 10.4 Å². The molecule has 0 unspecified atom stereocenters. The predicted octanol–water partition coefficient (Wildman–Crippen LogP) is 2.43. The second-order valence-corrected chi connectivity index (χ2v) is 4.72. The number of rotatable bonds is 6. The lowest BCUT2D eigenvalue weighted by Gasteiger charge is -2.09. The fourth-order valence-corrected chi connectivity index (χ4v) is 1.95. The number of carbonyl (C=O) groups excluding carboxylic acids is 2. The van der Waals surface area contributed by atoms with Crippen molar-refractivity contribution in [3.63, 3.8) is 0 Å². The Morgan fingerprint density at radius 2 is 1.79 bits per heavy atom. The van der Waals surface area contributed by atoms with Gasteiger partial charge in [-0.2, -0.15) is 0 Å². The quantitative estimate of drug-likeness (QED) is 0.478. The monoisotopic (exact) mass is 329 g/mol. The van der Waals surface area contributed by atoms with Crippen LogP contribution in [0.5, 0.6) is 0 Å². The number of benzene rings is 2. The van der Waals surface area contributed by atoms with Gasteiger partial charge in [0.25, 0.3) is 11.6 Å². The second kappa shape index (κ2) is 7.73. The van der Waals surface area contributed by atoms with Crippen LogP contribution < -0.4 is 10.6 Å². The first-order chi connectivity index (χ1) is 11.5. The molecular formula is C16H15N3O5. The highest BCUT2D eigenvalue weighted by Gasteiger charge is 2.14. The number of amides is 1. The van der Waals surface area contributed by atoms with Crippen LogP contribution in [0.2, 0.25) is 0 Å². The van der Waals surface area contributed by atoms with E-state index in [1.807, 2.05) is 0 Å². The molecule has 0 atom stereocenters. The third kappa shape index (κ3) is 4.29. The molecule has 2 rings (SSSR count). The molecule has 0 aromatic heterocycles. The molecular weight excluding hydrogens is 314 g/mol. The van der Waals surface area contributed by atoms with Crippen molar-refractivity contribution in [1.29, 1.82) is 0 Å². The Balaban J connectivity index is 1.91. The second-order valence-electron chi connectivity index (χ2n) is 4.72. The number of esters is 1. The first-order valence-electron chi connectivity index (χ1n) is 6.99. The molecule has 2 N–H and O–H groups in total. The molecule has 0 radical (unpaired) electrons. The van der Waals surface area contributed by atoms with E-state index >= 15 is 0 Å². The summed E-state index contributed by atoms with van der Waals surface area (Å²) in [7, 11) is 1.67. The zero-order chi connectivity index (χ0) is 17.5. The van der Waals surface area contributed by atoms with E-state index in [-0.39, 0.29) is 5.69 Å². The molecule has 0 fully saturated rings. The average molecular weight is 329 g/mol. The molecule has 0 saturated carbocycles. The van der Waals surface area contributed by atoms with Gasteiger partial charge in [0, 0.05) is 30.6 Å². The lowest BCUT2D eigenvalue weighted by Crippen LogP contribution is -2.21. The number of carbonyl (C=O) groups is 2. The van der Waals surface area contributed by atoms with Crippen molar-refractivity contribution in [3.05, 3.63) is 64.2 Å². The van der Waals surface area contributed by atoms with Crippen LogP contribution in [0.15, 0.2) is 48.5 Å². The van der Waals surface area contributed by atoms with E-state index in [2.05, 4.69) is 10.6 Å². The molecule has 0 heterocycles. The van der Waals surface area contributed by atoms with E-state index in [0.717, 1.165) is 0 Å². The first-order valence-corrected chi connectivity index (χ1v) is 6.99. The van der Waals surface area contributed by atoms with Crippen molar-refractivity contribution >= 4 is 28.9 Å². The topological polar surface area (TPSA) is 111 Å². The van der Waals surface area contributed by atoms with Gasteiger partial charge in [0.2, 0.25) is 0 Å². The normalized spacial score (nSPS) is 9.88. The van der Waals surface area contributed by atoms with Crippen molar-refractivity contribution < 1.29 is 19.2 Å². The van der Waals surface area contributed by atoms with Crippen molar-refractivity contribution in [2.24, 2.45) is 0 Å². The number of nitrogens with zero attached hydrogens (tertiary/aromatic N) is 1. The lowest BCUT2D eigenvalue weighted by atomic mass is 10.2. The van der Waals surface area contributed by atoms with Gasteiger partial charge in [0.05, 0.1) is 10.5 Å². The number of nitro groups is 1. The molecule has 0 aliphatic rings. The number of para-hydroxylation sites is 1. The highest BCUT2D eigenvalue weighted by Crippen LogP contribution is 2.16. The molecule has 8 heteroatoms. The molecule has 124 valence electrons. The van der Waals surface area contributed by atoms with Crippen LogP contribution in [0.4, 0.5) is 17.1 Å². The van der Waals surface area contributed by atoms with Crippen LogP contribution >= 0.6 is 0 Å². The van der Waals surface area contributed by atoms with Gasteiger partial charge in [-0.05, 0) is 24.3 Å². The summed E-state index contributed by atoms with van der Waals surface area (Å²) >= 11 is 0. The van der Waals surface area contributed by atoms with E-state index in [1.165, 1.54) is 24.3 Å². The largest absolute Gasteiger partial charge is 0.452 e. The first kappa shape index (κ1) is 16.9. The molecule has 0 aliphatic carbocycles. The minimum atomic E-state index is -0.626. The molecule has 0 saturated heterocycles. The van der Waals surface area contributed by atoms with Crippen molar-refractivity contribution in [3.8, 4) is 0 Å². The van der Waals surface area contributed by atoms with Crippen LogP contribution in [0, 0.1) is 10.1 Å². The molecule has 24 heavy (non-hydrogen) atoms. The Labute approximate surface area is 137 Å². The van der Waals surface area contributed by atoms with Gasteiger partial charge in [-0.15, -0.1) is 0 Å². The molecule has 8 nitrogen and oxygen atoms in total. The highest BCUT2D eigenvalue weighted by molar-refractivity contribution is 5.98. The predicted molar refractivity (Wildman–Crippen MR) is 88.0 cm³/mol. The molecule has 0 bridgehead atoms. The van der Waals surface area contributed by atoms with Gasteiger partial charge in [0.1, 0.15) is 0 Å². The summed E-state index contributed by atoms with van der Waals surface area (Å²) in [5.74, 6) is -1.17. The lowest BCUT2D eigenvalue weighted by molar-refractivity contribution is -0.384. The molecule has 2 aromatic carbocycles. The third-order valence-corrected chi connectivity index (χ3v) is 3.11. The van der Waals surface area contributed by atoms with E-state index < -0.39 is 23.4 Å². The van der Waals surface area contributed by atoms with Crippen LogP contribution in [-0.2, 0) is 9.53 Å². The third-order valence-electron chi connectivity index (χ3n) is 3.11.